The van der Waals surface area contributed by atoms with Crippen molar-refractivity contribution in [3.8, 4) is 0 Å². The Bertz CT molecular complexity index is 429. The minimum atomic E-state index is -0.773. The lowest BCUT2D eigenvalue weighted by Gasteiger charge is -2.50. The van der Waals surface area contributed by atoms with Gasteiger partial charge in [-0.05, 0) is 24.2 Å². The Morgan fingerprint density at radius 1 is 1.29 bits per heavy atom. The quantitative estimate of drug-likeness (QED) is 0.828. The van der Waals surface area contributed by atoms with E-state index in [0.717, 1.165) is 12.8 Å². The van der Waals surface area contributed by atoms with Gasteiger partial charge in [0.2, 0.25) is 5.91 Å². The zero-order valence-electron chi connectivity index (χ0n) is 13.5. The minimum absolute atomic E-state index is 0.00776. The molecule has 1 amide bonds. The molecular formula is C16H28N2O3. The summed E-state index contributed by atoms with van der Waals surface area (Å²) in [5, 5.41) is 9.02. The number of carboxylic acids is 1. The maximum Gasteiger partial charge on any atom is 0.306 e. The first kappa shape index (κ1) is 16.3. The number of amides is 1. The SMILES string of the molecule is CC(C(=O)O)C1CN(C(=O)C2CCC(N)C(C)C2(C)C)C1. The van der Waals surface area contributed by atoms with Gasteiger partial charge in [-0.2, -0.15) is 0 Å². The van der Waals surface area contributed by atoms with E-state index < -0.39 is 5.97 Å². The molecule has 1 aliphatic carbocycles. The summed E-state index contributed by atoms with van der Waals surface area (Å²) in [6, 6.07) is 0.167. The summed E-state index contributed by atoms with van der Waals surface area (Å²) < 4.78 is 0. The number of rotatable bonds is 3. The topological polar surface area (TPSA) is 83.6 Å². The number of hydrogen-bond donors (Lipinski definition) is 2. The summed E-state index contributed by atoms with van der Waals surface area (Å²) in [6.07, 6.45) is 1.73. The molecule has 0 spiro atoms. The number of carbonyl (C=O) groups excluding carboxylic acids is 1. The Labute approximate surface area is 126 Å². The zero-order valence-corrected chi connectivity index (χ0v) is 13.5. The average Bonchev–Trinajstić information content (AvgIpc) is 2.33. The van der Waals surface area contributed by atoms with E-state index >= 15 is 0 Å². The third-order valence-corrected chi connectivity index (χ3v) is 6.12. The number of nitrogens with zero attached hydrogens (tertiary/aromatic N) is 1. The molecular weight excluding hydrogens is 268 g/mol. The molecule has 21 heavy (non-hydrogen) atoms. The normalized spacial score (nSPS) is 34.1. The van der Waals surface area contributed by atoms with Crippen LogP contribution in [0.5, 0.6) is 0 Å². The van der Waals surface area contributed by atoms with Gasteiger partial charge in [0.1, 0.15) is 0 Å². The first-order chi connectivity index (χ1) is 9.66. The van der Waals surface area contributed by atoms with E-state index in [2.05, 4.69) is 20.8 Å². The van der Waals surface area contributed by atoms with Crippen molar-refractivity contribution in [2.24, 2.45) is 34.8 Å². The van der Waals surface area contributed by atoms with Gasteiger partial charge in [0.05, 0.1) is 5.92 Å². The molecule has 1 saturated heterocycles. The van der Waals surface area contributed by atoms with Crippen LogP contribution in [-0.4, -0.2) is 41.0 Å². The molecule has 1 saturated carbocycles. The third-order valence-electron chi connectivity index (χ3n) is 6.12. The second kappa shape index (κ2) is 5.59. The van der Waals surface area contributed by atoms with Crippen molar-refractivity contribution in [3.63, 3.8) is 0 Å². The second-order valence-electron chi connectivity index (χ2n) is 7.53. The molecule has 0 bridgehead atoms. The lowest BCUT2D eigenvalue weighted by Crippen LogP contribution is -2.59. The molecule has 3 N–H and O–H groups in total. The summed E-state index contributed by atoms with van der Waals surface area (Å²) in [4.78, 5) is 25.5. The number of carboxylic acid groups (broad SMARTS) is 1. The fraction of sp³-hybridized carbons (Fsp3) is 0.875. The Kier molecular flexibility index (Phi) is 4.34. The Hall–Kier alpha value is -1.10. The van der Waals surface area contributed by atoms with Crippen LogP contribution >= 0.6 is 0 Å². The third kappa shape index (κ3) is 2.80. The van der Waals surface area contributed by atoms with Gasteiger partial charge in [0.25, 0.3) is 0 Å². The van der Waals surface area contributed by atoms with Crippen LogP contribution in [0.3, 0.4) is 0 Å². The molecule has 5 heteroatoms. The molecule has 4 atom stereocenters. The Balaban J connectivity index is 1.98. The van der Waals surface area contributed by atoms with Crippen LogP contribution in [0.15, 0.2) is 0 Å². The second-order valence-corrected chi connectivity index (χ2v) is 7.53. The van der Waals surface area contributed by atoms with Crippen LogP contribution < -0.4 is 5.73 Å². The van der Waals surface area contributed by atoms with E-state index in [4.69, 9.17) is 10.8 Å². The van der Waals surface area contributed by atoms with Crippen LogP contribution in [0.1, 0.15) is 40.5 Å². The fourth-order valence-corrected chi connectivity index (χ4v) is 3.72. The predicted molar refractivity (Wildman–Crippen MR) is 80.5 cm³/mol. The summed E-state index contributed by atoms with van der Waals surface area (Å²) in [5.41, 5.74) is 6.04. The molecule has 0 aromatic rings. The van der Waals surface area contributed by atoms with Crippen LogP contribution in [0.4, 0.5) is 0 Å². The molecule has 0 aromatic carbocycles. The van der Waals surface area contributed by atoms with Gasteiger partial charge in [-0.25, -0.2) is 0 Å². The molecule has 0 aromatic heterocycles. The summed E-state index contributed by atoms with van der Waals surface area (Å²) in [7, 11) is 0. The molecule has 0 radical (unpaired) electrons. The first-order valence-corrected chi connectivity index (χ1v) is 7.93. The smallest absolute Gasteiger partial charge is 0.306 e. The number of hydrogen-bond acceptors (Lipinski definition) is 3. The Morgan fingerprint density at radius 3 is 2.38 bits per heavy atom. The van der Waals surface area contributed by atoms with Crippen molar-refractivity contribution in [2.75, 3.05) is 13.1 Å². The number of carbonyl (C=O) groups is 2. The van der Waals surface area contributed by atoms with Gasteiger partial charge in [-0.1, -0.05) is 27.7 Å². The molecule has 2 aliphatic rings. The average molecular weight is 296 g/mol. The van der Waals surface area contributed by atoms with Gasteiger partial charge in [0.15, 0.2) is 0 Å². The fourth-order valence-electron chi connectivity index (χ4n) is 3.72. The summed E-state index contributed by atoms with van der Waals surface area (Å²) in [6.45, 7) is 9.29. The van der Waals surface area contributed by atoms with Crippen molar-refractivity contribution in [3.05, 3.63) is 0 Å². The van der Waals surface area contributed by atoms with Crippen molar-refractivity contribution >= 4 is 11.9 Å². The number of nitrogens with two attached hydrogens (primary N) is 1. The van der Waals surface area contributed by atoms with Crippen molar-refractivity contribution in [1.82, 2.24) is 4.90 Å². The van der Waals surface area contributed by atoms with Gasteiger partial charge in [-0.15, -0.1) is 0 Å². The van der Waals surface area contributed by atoms with Gasteiger partial charge in [0, 0.05) is 31.0 Å². The van der Waals surface area contributed by atoms with Gasteiger partial charge < -0.3 is 15.7 Å². The predicted octanol–water partition coefficient (Wildman–Crippen LogP) is 1.57. The van der Waals surface area contributed by atoms with Crippen LogP contribution in [0.25, 0.3) is 0 Å². The van der Waals surface area contributed by atoms with E-state index in [1.807, 2.05) is 4.90 Å². The molecule has 1 heterocycles. The minimum Gasteiger partial charge on any atom is -0.481 e. The highest BCUT2D eigenvalue weighted by Crippen LogP contribution is 2.45. The highest BCUT2D eigenvalue weighted by molar-refractivity contribution is 5.81. The van der Waals surface area contributed by atoms with Crippen LogP contribution in [-0.2, 0) is 9.59 Å². The highest BCUT2D eigenvalue weighted by Gasteiger charge is 2.48. The lowest BCUT2D eigenvalue weighted by molar-refractivity contribution is -0.157. The maximum atomic E-state index is 12.7. The highest BCUT2D eigenvalue weighted by atomic mass is 16.4. The first-order valence-electron chi connectivity index (χ1n) is 7.93. The summed E-state index contributed by atoms with van der Waals surface area (Å²) in [5.74, 6) is -0.542. The van der Waals surface area contributed by atoms with Gasteiger partial charge in [-0.3, -0.25) is 9.59 Å². The van der Waals surface area contributed by atoms with Crippen LogP contribution in [0, 0.1) is 29.1 Å². The van der Waals surface area contributed by atoms with Gasteiger partial charge >= 0.3 is 5.97 Å². The van der Waals surface area contributed by atoms with E-state index in [0.29, 0.717) is 19.0 Å². The zero-order chi connectivity index (χ0) is 15.9. The molecule has 120 valence electrons. The molecule has 4 unspecified atom stereocenters. The number of likely N-dealkylation sites (tertiary alicyclic amines) is 1. The van der Waals surface area contributed by atoms with E-state index in [1.165, 1.54) is 0 Å². The largest absolute Gasteiger partial charge is 0.481 e. The standard InChI is InChI=1S/C16H28N2O3/c1-9(15(20)21)11-7-18(8-11)14(19)12-5-6-13(17)10(2)16(12,3)4/h9-13H,5-8,17H2,1-4H3,(H,20,21). The summed E-state index contributed by atoms with van der Waals surface area (Å²) >= 11 is 0. The monoisotopic (exact) mass is 296 g/mol. The lowest BCUT2D eigenvalue weighted by atomic mass is 9.60. The van der Waals surface area contributed by atoms with E-state index in [1.54, 1.807) is 6.92 Å². The van der Waals surface area contributed by atoms with Crippen molar-refractivity contribution in [1.29, 1.82) is 0 Å². The molecule has 2 rings (SSSR count). The van der Waals surface area contributed by atoms with Crippen molar-refractivity contribution < 1.29 is 14.7 Å². The Morgan fingerprint density at radius 2 is 1.86 bits per heavy atom. The molecule has 5 nitrogen and oxygen atoms in total. The number of aliphatic carboxylic acids is 1. The molecule has 2 fully saturated rings. The van der Waals surface area contributed by atoms with E-state index in [-0.39, 0.29) is 35.1 Å². The van der Waals surface area contributed by atoms with Crippen LogP contribution in [0.2, 0.25) is 0 Å². The van der Waals surface area contributed by atoms with E-state index in [9.17, 15) is 9.59 Å². The molecule has 1 aliphatic heterocycles. The van der Waals surface area contributed by atoms with Crippen molar-refractivity contribution in [2.45, 2.75) is 46.6 Å². The maximum absolute atomic E-state index is 12.7.